The van der Waals surface area contributed by atoms with Crippen molar-refractivity contribution in [1.82, 2.24) is 19.5 Å². The molecule has 7 heteroatoms. The molecule has 0 aromatic carbocycles. The smallest absolute Gasteiger partial charge is 0.304 e. The Bertz CT molecular complexity index is 817. The summed E-state index contributed by atoms with van der Waals surface area (Å²) >= 11 is 7.36. The van der Waals surface area contributed by atoms with E-state index in [2.05, 4.69) is 15.0 Å². The third-order valence-electron chi connectivity index (χ3n) is 3.01. The molecule has 3 heterocycles. The van der Waals surface area contributed by atoms with E-state index in [0.29, 0.717) is 6.54 Å². The van der Waals surface area contributed by atoms with E-state index in [4.69, 9.17) is 11.6 Å². The SMILES string of the molecule is Cc1cnc2c(c1)nc(C(C)Cl)n2Cc1csc(=O)[nH]1. The van der Waals surface area contributed by atoms with Crippen molar-refractivity contribution in [2.45, 2.75) is 25.8 Å². The van der Waals surface area contributed by atoms with Gasteiger partial charge in [0.2, 0.25) is 0 Å². The van der Waals surface area contributed by atoms with E-state index in [9.17, 15) is 4.79 Å². The van der Waals surface area contributed by atoms with Gasteiger partial charge in [-0.25, -0.2) is 9.97 Å². The maximum atomic E-state index is 11.2. The maximum absolute atomic E-state index is 11.2. The molecule has 104 valence electrons. The fourth-order valence-corrected chi connectivity index (χ4v) is 2.89. The minimum absolute atomic E-state index is 0.0614. The van der Waals surface area contributed by atoms with Crippen molar-refractivity contribution in [3.63, 3.8) is 0 Å². The quantitative estimate of drug-likeness (QED) is 0.757. The highest BCUT2D eigenvalue weighted by Gasteiger charge is 2.16. The number of aromatic nitrogens is 4. The Morgan fingerprint density at radius 2 is 2.35 bits per heavy atom. The number of nitrogens with zero attached hydrogens (tertiary/aromatic N) is 3. The first-order chi connectivity index (χ1) is 9.54. The molecule has 0 radical (unpaired) electrons. The van der Waals surface area contributed by atoms with Gasteiger partial charge in [0.15, 0.2) is 5.65 Å². The molecule has 3 aromatic heterocycles. The van der Waals surface area contributed by atoms with Gasteiger partial charge < -0.3 is 9.55 Å². The fourth-order valence-electron chi connectivity index (χ4n) is 2.15. The van der Waals surface area contributed by atoms with Gasteiger partial charge in [-0.1, -0.05) is 11.3 Å². The van der Waals surface area contributed by atoms with Crippen molar-refractivity contribution >= 4 is 34.1 Å². The average Bonchev–Trinajstić information content (AvgIpc) is 2.94. The van der Waals surface area contributed by atoms with Crippen LogP contribution in [0.5, 0.6) is 0 Å². The molecule has 0 bridgehead atoms. The Morgan fingerprint density at radius 3 is 3.00 bits per heavy atom. The van der Waals surface area contributed by atoms with Gasteiger partial charge in [-0.15, -0.1) is 11.6 Å². The topological polar surface area (TPSA) is 63.6 Å². The average molecular weight is 309 g/mol. The molecule has 0 aliphatic carbocycles. The second-order valence-corrected chi connectivity index (χ2v) is 6.20. The lowest BCUT2D eigenvalue weighted by atomic mass is 10.3. The normalized spacial score (nSPS) is 12.9. The van der Waals surface area contributed by atoms with E-state index in [-0.39, 0.29) is 10.3 Å². The van der Waals surface area contributed by atoms with Gasteiger partial charge in [-0.3, -0.25) is 4.79 Å². The van der Waals surface area contributed by atoms with Crippen LogP contribution in [-0.4, -0.2) is 19.5 Å². The van der Waals surface area contributed by atoms with Crippen LogP contribution in [0.3, 0.4) is 0 Å². The Labute approximate surface area is 124 Å². The third-order valence-corrected chi connectivity index (χ3v) is 3.92. The number of aromatic amines is 1. The minimum atomic E-state index is -0.227. The Morgan fingerprint density at radius 1 is 1.55 bits per heavy atom. The lowest BCUT2D eigenvalue weighted by molar-refractivity contribution is 0.723. The first-order valence-electron chi connectivity index (χ1n) is 6.18. The number of hydrogen-bond donors (Lipinski definition) is 1. The van der Waals surface area contributed by atoms with E-state index >= 15 is 0 Å². The first-order valence-corrected chi connectivity index (χ1v) is 7.49. The molecule has 1 N–H and O–H groups in total. The van der Waals surface area contributed by atoms with Gasteiger partial charge in [-0.2, -0.15) is 0 Å². The van der Waals surface area contributed by atoms with Crippen molar-refractivity contribution in [3.05, 3.63) is 44.4 Å². The summed E-state index contributed by atoms with van der Waals surface area (Å²) in [6.07, 6.45) is 1.81. The van der Waals surface area contributed by atoms with Gasteiger partial charge in [0.05, 0.1) is 11.9 Å². The monoisotopic (exact) mass is 308 g/mol. The van der Waals surface area contributed by atoms with Crippen LogP contribution in [0, 0.1) is 6.92 Å². The molecule has 0 aliphatic rings. The summed E-state index contributed by atoms with van der Waals surface area (Å²) in [5, 5.41) is 1.58. The largest absolute Gasteiger partial charge is 0.315 e. The third kappa shape index (κ3) is 2.36. The molecule has 5 nitrogen and oxygen atoms in total. The Hall–Kier alpha value is -1.66. The highest BCUT2D eigenvalue weighted by Crippen LogP contribution is 2.24. The van der Waals surface area contributed by atoms with Crippen LogP contribution in [0.2, 0.25) is 0 Å². The van der Waals surface area contributed by atoms with Gasteiger partial charge in [0.25, 0.3) is 0 Å². The second-order valence-electron chi connectivity index (χ2n) is 4.70. The predicted molar refractivity (Wildman–Crippen MR) is 80.6 cm³/mol. The van der Waals surface area contributed by atoms with Crippen LogP contribution in [0.4, 0.5) is 0 Å². The number of pyridine rings is 1. The molecule has 0 aliphatic heterocycles. The molecular formula is C13H13ClN4OS. The summed E-state index contributed by atoms with van der Waals surface area (Å²) in [5.74, 6) is 0.756. The molecule has 0 fully saturated rings. The van der Waals surface area contributed by atoms with E-state index in [0.717, 1.165) is 39.6 Å². The summed E-state index contributed by atoms with van der Waals surface area (Å²) in [7, 11) is 0. The number of fused-ring (bicyclic) bond motifs is 1. The number of alkyl halides is 1. The number of rotatable bonds is 3. The number of H-pyrrole nitrogens is 1. The highest BCUT2D eigenvalue weighted by atomic mass is 35.5. The van der Waals surface area contributed by atoms with Crippen LogP contribution in [-0.2, 0) is 6.54 Å². The fraction of sp³-hybridized carbons (Fsp3) is 0.308. The molecule has 1 unspecified atom stereocenters. The predicted octanol–water partition coefficient (Wildman–Crippen LogP) is 2.84. The van der Waals surface area contributed by atoms with E-state index in [1.54, 1.807) is 6.20 Å². The molecule has 20 heavy (non-hydrogen) atoms. The number of hydrogen-bond acceptors (Lipinski definition) is 4. The van der Waals surface area contributed by atoms with Crippen molar-refractivity contribution in [2.75, 3.05) is 0 Å². The number of thiazole rings is 1. The van der Waals surface area contributed by atoms with E-state index in [1.807, 2.05) is 29.9 Å². The number of imidazole rings is 1. The van der Waals surface area contributed by atoms with Gasteiger partial charge in [0, 0.05) is 17.3 Å². The van der Waals surface area contributed by atoms with Crippen molar-refractivity contribution in [2.24, 2.45) is 0 Å². The minimum Gasteiger partial charge on any atom is -0.315 e. The summed E-state index contributed by atoms with van der Waals surface area (Å²) < 4.78 is 1.95. The maximum Gasteiger partial charge on any atom is 0.304 e. The second kappa shape index (κ2) is 5.03. The summed E-state index contributed by atoms with van der Waals surface area (Å²) in [4.78, 5) is 23.0. The van der Waals surface area contributed by atoms with Crippen LogP contribution in [0.25, 0.3) is 11.2 Å². The number of nitrogens with one attached hydrogen (secondary N) is 1. The summed E-state index contributed by atoms with van der Waals surface area (Å²) in [6, 6.07) is 1.98. The van der Waals surface area contributed by atoms with Crippen LogP contribution >= 0.6 is 22.9 Å². The first kappa shape index (κ1) is 13.3. The summed E-state index contributed by atoms with van der Waals surface area (Å²) in [6.45, 7) is 4.37. The van der Waals surface area contributed by atoms with Crippen molar-refractivity contribution in [3.8, 4) is 0 Å². The summed E-state index contributed by atoms with van der Waals surface area (Å²) in [5.41, 5.74) is 3.50. The highest BCUT2D eigenvalue weighted by molar-refractivity contribution is 7.07. The van der Waals surface area contributed by atoms with E-state index < -0.39 is 0 Å². The van der Waals surface area contributed by atoms with Crippen molar-refractivity contribution < 1.29 is 0 Å². The van der Waals surface area contributed by atoms with E-state index in [1.165, 1.54) is 0 Å². The molecule has 0 saturated carbocycles. The zero-order chi connectivity index (χ0) is 14.3. The molecule has 1 atom stereocenters. The number of aryl methyl sites for hydroxylation is 1. The molecule has 0 spiro atoms. The zero-order valence-corrected chi connectivity index (χ0v) is 12.6. The standard InChI is InChI=1S/C13H13ClN4OS/c1-7-3-10-12(15-4-7)18(11(17-10)8(2)14)5-9-6-20-13(19)16-9/h3-4,6,8H,5H2,1-2H3,(H,16,19). The molecule has 0 saturated heterocycles. The lowest BCUT2D eigenvalue weighted by Gasteiger charge is -2.08. The van der Waals surface area contributed by atoms with Crippen LogP contribution < -0.4 is 4.87 Å². The van der Waals surface area contributed by atoms with Crippen molar-refractivity contribution in [1.29, 1.82) is 0 Å². The van der Waals surface area contributed by atoms with Crippen LogP contribution in [0.1, 0.15) is 29.4 Å². The van der Waals surface area contributed by atoms with Gasteiger partial charge in [-0.05, 0) is 25.5 Å². The molecule has 3 rings (SSSR count). The molecule has 3 aromatic rings. The Balaban J connectivity index is 2.15. The lowest BCUT2D eigenvalue weighted by Crippen LogP contribution is -2.08. The van der Waals surface area contributed by atoms with Gasteiger partial charge >= 0.3 is 4.87 Å². The zero-order valence-electron chi connectivity index (χ0n) is 11.1. The molecule has 0 amide bonds. The Kier molecular flexibility index (Phi) is 3.35. The number of halogens is 1. The van der Waals surface area contributed by atoms with Crippen LogP contribution in [0.15, 0.2) is 22.4 Å². The van der Waals surface area contributed by atoms with Gasteiger partial charge in [0.1, 0.15) is 11.3 Å². The molecular weight excluding hydrogens is 296 g/mol.